The second kappa shape index (κ2) is 5.63. The molecule has 0 spiro atoms. The van der Waals surface area contributed by atoms with E-state index in [0.29, 0.717) is 11.3 Å². The van der Waals surface area contributed by atoms with E-state index in [0.717, 1.165) is 16.8 Å². The second-order valence-corrected chi connectivity index (χ2v) is 4.74. The minimum absolute atomic E-state index is 0.419. The summed E-state index contributed by atoms with van der Waals surface area (Å²) in [6, 6.07) is 17.3. The maximum atomic E-state index is 11.8. The van der Waals surface area contributed by atoms with Crippen LogP contribution >= 0.6 is 0 Å². The molecule has 4 heteroatoms. The van der Waals surface area contributed by atoms with Crippen LogP contribution in [0.2, 0.25) is 0 Å². The molecule has 0 radical (unpaired) electrons. The zero-order valence-corrected chi connectivity index (χ0v) is 11.5. The molecule has 4 nitrogen and oxygen atoms in total. The summed E-state index contributed by atoms with van der Waals surface area (Å²) in [5.41, 5.74) is 3.43. The Hall–Kier alpha value is -2.88. The molecule has 0 unspecified atom stereocenters. The molecule has 1 heterocycles. The maximum Gasteiger partial charge on any atom is 0.366 e. The van der Waals surface area contributed by atoms with Gasteiger partial charge in [0, 0.05) is 11.8 Å². The van der Waals surface area contributed by atoms with Crippen molar-refractivity contribution in [3.8, 4) is 11.3 Å². The Labute approximate surface area is 121 Å². The number of aliphatic imine (C=N–C) groups is 1. The van der Waals surface area contributed by atoms with Crippen molar-refractivity contribution in [2.45, 2.75) is 6.92 Å². The molecule has 21 heavy (non-hydrogen) atoms. The van der Waals surface area contributed by atoms with Crippen LogP contribution in [-0.2, 0) is 0 Å². The minimum atomic E-state index is -0.426. The van der Waals surface area contributed by atoms with Crippen LogP contribution in [0.5, 0.6) is 0 Å². The van der Waals surface area contributed by atoms with Gasteiger partial charge in [0.1, 0.15) is 5.56 Å². The molecular formula is C17H14N2O2. The van der Waals surface area contributed by atoms with Crippen molar-refractivity contribution in [2.24, 2.45) is 4.99 Å². The lowest BCUT2D eigenvalue weighted by Gasteiger charge is -1.98. The van der Waals surface area contributed by atoms with E-state index in [-0.39, 0.29) is 0 Å². The third-order valence-corrected chi connectivity index (χ3v) is 3.14. The number of hydrogen-bond donors (Lipinski definition) is 1. The molecule has 2 aromatic carbocycles. The summed E-state index contributed by atoms with van der Waals surface area (Å²) in [6.45, 7) is 2.00. The van der Waals surface area contributed by atoms with Crippen molar-refractivity contribution in [1.82, 2.24) is 5.16 Å². The molecule has 104 valence electrons. The average Bonchev–Trinajstić information content (AvgIpc) is 2.87. The Kier molecular flexibility index (Phi) is 3.51. The number of benzene rings is 2. The van der Waals surface area contributed by atoms with Gasteiger partial charge in [-0.2, -0.15) is 0 Å². The molecule has 0 aliphatic rings. The molecule has 1 aromatic heterocycles. The topological polar surface area (TPSA) is 58.4 Å². The van der Waals surface area contributed by atoms with Gasteiger partial charge in [0.05, 0.1) is 11.4 Å². The number of H-pyrrole nitrogens is 1. The molecule has 1 N–H and O–H groups in total. The zero-order valence-electron chi connectivity index (χ0n) is 11.5. The predicted molar refractivity (Wildman–Crippen MR) is 83.2 cm³/mol. The highest BCUT2D eigenvalue weighted by atomic mass is 16.5. The van der Waals surface area contributed by atoms with Gasteiger partial charge in [0.25, 0.3) is 0 Å². The second-order valence-electron chi connectivity index (χ2n) is 4.74. The summed E-state index contributed by atoms with van der Waals surface area (Å²) in [5.74, 6) is 0. The lowest BCUT2D eigenvalue weighted by molar-refractivity contribution is 0.393. The number of nitrogens with zero attached hydrogens (tertiary/aromatic N) is 1. The first-order chi connectivity index (χ1) is 10.2. The number of hydrogen-bond acceptors (Lipinski definition) is 3. The van der Waals surface area contributed by atoms with Gasteiger partial charge in [-0.1, -0.05) is 42.5 Å². The average molecular weight is 278 g/mol. The summed E-state index contributed by atoms with van der Waals surface area (Å²) in [5, 5.41) is 2.66. The van der Waals surface area contributed by atoms with Crippen molar-refractivity contribution < 1.29 is 4.52 Å². The number of aryl methyl sites for hydroxylation is 1. The number of aromatic nitrogens is 1. The molecule has 0 aliphatic heterocycles. The Morgan fingerprint density at radius 3 is 2.67 bits per heavy atom. The van der Waals surface area contributed by atoms with Gasteiger partial charge in [0.2, 0.25) is 0 Å². The van der Waals surface area contributed by atoms with E-state index in [4.69, 9.17) is 4.52 Å². The fourth-order valence-corrected chi connectivity index (χ4v) is 2.09. The number of nitrogens with one attached hydrogen (secondary N) is 1. The van der Waals surface area contributed by atoms with E-state index in [1.165, 1.54) is 0 Å². The van der Waals surface area contributed by atoms with E-state index in [1.807, 2.05) is 61.5 Å². The van der Waals surface area contributed by atoms with Crippen molar-refractivity contribution >= 4 is 11.9 Å². The smallest absolute Gasteiger partial charge is 0.338 e. The third-order valence-electron chi connectivity index (χ3n) is 3.14. The summed E-state index contributed by atoms with van der Waals surface area (Å²) < 4.78 is 4.89. The fraction of sp³-hybridized carbons (Fsp3) is 0.0588. The zero-order chi connectivity index (χ0) is 14.7. The molecule has 0 saturated carbocycles. The van der Waals surface area contributed by atoms with Crippen LogP contribution in [0.15, 0.2) is 68.9 Å². The molecule has 0 bridgehead atoms. The van der Waals surface area contributed by atoms with Crippen molar-refractivity contribution in [2.75, 3.05) is 0 Å². The first-order valence-electron chi connectivity index (χ1n) is 6.61. The normalized spacial score (nSPS) is 11.1. The fourth-order valence-electron chi connectivity index (χ4n) is 2.09. The van der Waals surface area contributed by atoms with E-state index in [1.54, 1.807) is 6.21 Å². The highest BCUT2D eigenvalue weighted by molar-refractivity contribution is 5.89. The molecule has 3 aromatic rings. The Morgan fingerprint density at radius 1 is 1.10 bits per heavy atom. The Morgan fingerprint density at radius 2 is 1.90 bits per heavy atom. The van der Waals surface area contributed by atoms with Gasteiger partial charge < -0.3 is 4.52 Å². The first-order valence-corrected chi connectivity index (χ1v) is 6.61. The van der Waals surface area contributed by atoms with Gasteiger partial charge in [-0.25, -0.2) is 9.95 Å². The van der Waals surface area contributed by atoms with Crippen LogP contribution in [-0.4, -0.2) is 11.4 Å². The van der Waals surface area contributed by atoms with Crippen LogP contribution in [0.4, 0.5) is 5.69 Å². The van der Waals surface area contributed by atoms with Crippen LogP contribution in [0, 0.1) is 6.92 Å². The van der Waals surface area contributed by atoms with Gasteiger partial charge in [-0.05, 0) is 24.6 Å². The van der Waals surface area contributed by atoms with Crippen molar-refractivity contribution in [3.05, 3.63) is 76.1 Å². The number of rotatable bonds is 3. The molecule has 0 atom stereocenters. The maximum absolute atomic E-state index is 11.8. The summed E-state index contributed by atoms with van der Waals surface area (Å²) in [6.07, 6.45) is 1.54. The number of aromatic amines is 1. The lowest BCUT2D eigenvalue weighted by Crippen LogP contribution is -2.01. The summed E-state index contributed by atoms with van der Waals surface area (Å²) in [4.78, 5) is 16.2. The van der Waals surface area contributed by atoms with Crippen LogP contribution in [0.1, 0.15) is 11.1 Å². The first kappa shape index (κ1) is 13.1. The lowest BCUT2D eigenvalue weighted by atomic mass is 10.1. The Bertz CT molecular complexity index is 829. The van der Waals surface area contributed by atoms with E-state index < -0.39 is 5.63 Å². The molecule has 0 amide bonds. The largest absolute Gasteiger partial charge is 0.366 e. The van der Waals surface area contributed by atoms with Gasteiger partial charge in [-0.15, -0.1) is 0 Å². The van der Waals surface area contributed by atoms with Crippen LogP contribution < -0.4 is 5.63 Å². The van der Waals surface area contributed by atoms with Gasteiger partial charge in [0.15, 0.2) is 0 Å². The van der Waals surface area contributed by atoms with Crippen molar-refractivity contribution in [3.63, 3.8) is 0 Å². The highest BCUT2D eigenvalue weighted by Crippen LogP contribution is 2.19. The summed E-state index contributed by atoms with van der Waals surface area (Å²) in [7, 11) is 0. The molecule has 0 fully saturated rings. The monoisotopic (exact) mass is 278 g/mol. The Balaban J connectivity index is 2.00. The van der Waals surface area contributed by atoms with Gasteiger partial charge >= 0.3 is 5.63 Å². The van der Waals surface area contributed by atoms with Crippen LogP contribution in [0.25, 0.3) is 11.3 Å². The SMILES string of the molecule is Cc1cccc(N=Cc2c(-c3ccccc3)[nH]oc2=O)c1. The molecule has 3 rings (SSSR count). The molecule has 0 aliphatic carbocycles. The summed E-state index contributed by atoms with van der Waals surface area (Å²) >= 11 is 0. The van der Waals surface area contributed by atoms with E-state index in [9.17, 15) is 4.79 Å². The van der Waals surface area contributed by atoms with E-state index >= 15 is 0 Å². The molecular weight excluding hydrogens is 264 g/mol. The van der Waals surface area contributed by atoms with E-state index in [2.05, 4.69) is 10.1 Å². The predicted octanol–water partition coefficient (Wildman–Crippen LogP) is 3.69. The quantitative estimate of drug-likeness (QED) is 0.743. The third kappa shape index (κ3) is 2.84. The van der Waals surface area contributed by atoms with Crippen molar-refractivity contribution in [1.29, 1.82) is 0 Å². The minimum Gasteiger partial charge on any atom is -0.338 e. The van der Waals surface area contributed by atoms with Crippen LogP contribution in [0.3, 0.4) is 0 Å². The highest BCUT2D eigenvalue weighted by Gasteiger charge is 2.11. The van der Waals surface area contributed by atoms with Gasteiger partial charge in [-0.3, -0.25) is 4.99 Å². The molecule has 0 saturated heterocycles. The standard InChI is InChI=1S/C17H14N2O2/c1-12-6-5-9-14(10-12)18-11-15-16(19-21-17(15)20)13-7-3-2-4-8-13/h2-11,19H,1H3.